The predicted molar refractivity (Wildman–Crippen MR) is 71.2 cm³/mol. The van der Waals surface area contributed by atoms with Crippen molar-refractivity contribution in [1.82, 2.24) is 15.5 Å². The number of allylic oxidation sites excluding steroid dienone is 2. The van der Waals surface area contributed by atoms with Crippen molar-refractivity contribution in [3.8, 4) is 0 Å². The van der Waals surface area contributed by atoms with E-state index in [1.165, 1.54) is 0 Å². The first-order valence-electron chi connectivity index (χ1n) is 6.00. The summed E-state index contributed by atoms with van der Waals surface area (Å²) in [5.74, 6) is 0.779. The van der Waals surface area contributed by atoms with Crippen LogP contribution in [0.25, 0.3) is 5.57 Å². The van der Waals surface area contributed by atoms with E-state index in [2.05, 4.69) is 15.5 Å². The summed E-state index contributed by atoms with van der Waals surface area (Å²) in [7, 11) is 0. The Labute approximate surface area is 111 Å². The van der Waals surface area contributed by atoms with Crippen molar-refractivity contribution in [2.24, 2.45) is 0 Å². The molecule has 0 atom stereocenters. The fourth-order valence-electron chi connectivity index (χ4n) is 1.46. The van der Waals surface area contributed by atoms with Crippen LogP contribution in [0.4, 0.5) is 0 Å². The number of aromatic nitrogens is 2. The topological polar surface area (TPSA) is 68.0 Å². The normalized spacial score (nSPS) is 11.4. The number of hydrogen-bond donors (Lipinski definition) is 1. The summed E-state index contributed by atoms with van der Waals surface area (Å²) in [5, 5.41) is 6.55. The zero-order valence-electron chi connectivity index (χ0n) is 10.9. The minimum Gasteiger partial charge on any atom is -0.345 e. The Hall–Kier alpha value is -2.43. The Balaban J connectivity index is 1.96. The number of nitrogens with zero attached hydrogens (tertiary/aromatic N) is 2. The molecule has 0 bridgehead atoms. The van der Waals surface area contributed by atoms with Gasteiger partial charge in [0.25, 0.3) is 11.8 Å². The van der Waals surface area contributed by atoms with Crippen LogP contribution in [0, 0.1) is 0 Å². The van der Waals surface area contributed by atoms with Gasteiger partial charge >= 0.3 is 0 Å². The molecule has 5 heteroatoms. The van der Waals surface area contributed by atoms with Gasteiger partial charge in [-0.2, -0.15) is 4.98 Å². The van der Waals surface area contributed by atoms with E-state index in [-0.39, 0.29) is 12.5 Å². The van der Waals surface area contributed by atoms with Gasteiger partial charge in [-0.25, -0.2) is 0 Å². The highest BCUT2D eigenvalue weighted by molar-refractivity contribution is 5.93. The zero-order chi connectivity index (χ0) is 13.7. The van der Waals surface area contributed by atoms with Gasteiger partial charge in [0.05, 0.1) is 6.54 Å². The summed E-state index contributed by atoms with van der Waals surface area (Å²) < 4.78 is 5.07. The number of benzene rings is 1. The molecule has 1 N–H and O–H groups in total. The first-order valence-corrected chi connectivity index (χ1v) is 6.00. The molecule has 1 amide bonds. The summed E-state index contributed by atoms with van der Waals surface area (Å²) in [4.78, 5) is 16.0. The third kappa shape index (κ3) is 3.28. The Morgan fingerprint density at radius 1 is 1.37 bits per heavy atom. The maximum atomic E-state index is 11.8. The van der Waals surface area contributed by atoms with Crippen molar-refractivity contribution in [3.63, 3.8) is 0 Å². The van der Waals surface area contributed by atoms with Gasteiger partial charge in [0, 0.05) is 11.1 Å². The quantitative estimate of drug-likeness (QED) is 0.913. The highest BCUT2D eigenvalue weighted by Crippen LogP contribution is 2.10. The standard InChI is InChI=1S/C14H15N3O2/c1-3-10(2)14-16-12(17-19-14)9-15-13(18)11-7-5-4-6-8-11/h3-8H,9H2,1-2H3,(H,15,18). The van der Waals surface area contributed by atoms with Crippen molar-refractivity contribution in [3.05, 3.63) is 53.7 Å². The highest BCUT2D eigenvalue weighted by Gasteiger charge is 2.09. The van der Waals surface area contributed by atoms with Crippen molar-refractivity contribution >= 4 is 11.5 Å². The summed E-state index contributed by atoms with van der Waals surface area (Å²) in [5.41, 5.74) is 1.52. The lowest BCUT2D eigenvalue weighted by Gasteiger charge is -2.01. The molecule has 5 nitrogen and oxygen atoms in total. The average Bonchev–Trinajstić information content (AvgIpc) is 2.93. The van der Waals surface area contributed by atoms with Gasteiger partial charge in [-0.3, -0.25) is 4.79 Å². The van der Waals surface area contributed by atoms with Crippen LogP contribution in [0.1, 0.15) is 35.9 Å². The van der Waals surface area contributed by atoms with Crippen LogP contribution < -0.4 is 5.32 Å². The van der Waals surface area contributed by atoms with E-state index in [1.54, 1.807) is 12.1 Å². The van der Waals surface area contributed by atoms with Crippen molar-refractivity contribution in [1.29, 1.82) is 0 Å². The Morgan fingerprint density at radius 2 is 2.11 bits per heavy atom. The van der Waals surface area contributed by atoms with E-state index in [9.17, 15) is 4.79 Å². The molecule has 1 aromatic carbocycles. The molecule has 0 fully saturated rings. The molecule has 0 aliphatic carbocycles. The van der Waals surface area contributed by atoms with Crippen molar-refractivity contribution < 1.29 is 9.32 Å². The lowest BCUT2D eigenvalue weighted by Crippen LogP contribution is -2.23. The van der Waals surface area contributed by atoms with E-state index < -0.39 is 0 Å². The molecule has 2 rings (SSSR count). The maximum Gasteiger partial charge on any atom is 0.253 e. The van der Waals surface area contributed by atoms with Crippen LogP contribution in [0.15, 0.2) is 40.9 Å². The fourth-order valence-corrected chi connectivity index (χ4v) is 1.46. The molecule has 0 unspecified atom stereocenters. The fraction of sp³-hybridized carbons (Fsp3) is 0.214. The van der Waals surface area contributed by atoms with E-state index in [1.807, 2.05) is 38.1 Å². The zero-order valence-corrected chi connectivity index (χ0v) is 10.9. The first-order chi connectivity index (χ1) is 9.20. The molecule has 98 valence electrons. The van der Waals surface area contributed by atoms with E-state index in [4.69, 9.17) is 4.52 Å². The molecule has 0 radical (unpaired) electrons. The second-order valence-corrected chi connectivity index (χ2v) is 4.04. The van der Waals surface area contributed by atoms with E-state index in [0.717, 1.165) is 5.57 Å². The van der Waals surface area contributed by atoms with Gasteiger partial charge in [0.1, 0.15) is 0 Å². The number of hydrogen-bond acceptors (Lipinski definition) is 4. The molecular formula is C14H15N3O2. The smallest absolute Gasteiger partial charge is 0.253 e. The number of nitrogens with one attached hydrogen (secondary N) is 1. The molecule has 0 spiro atoms. The van der Waals surface area contributed by atoms with Crippen LogP contribution in [-0.2, 0) is 6.54 Å². The van der Waals surface area contributed by atoms with Crippen LogP contribution in [0.5, 0.6) is 0 Å². The third-order valence-corrected chi connectivity index (χ3v) is 2.68. The number of carbonyl (C=O) groups is 1. The number of amides is 1. The Bertz CT molecular complexity index is 588. The lowest BCUT2D eigenvalue weighted by atomic mass is 10.2. The molecule has 1 heterocycles. The molecule has 0 aliphatic heterocycles. The van der Waals surface area contributed by atoms with Crippen LogP contribution in [-0.4, -0.2) is 16.0 Å². The maximum absolute atomic E-state index is 11.8. The number of carbonyl (C=O) groups excluding carboxylic acids is 1. The molecule has 0 saturated carbocycles. The van der Waals surface area contributed by atoms with Gasteiger partial charge in [-0.15, -0.1) is 0 Å². The molecule has 0 aliphatic rings. The molecule has 1 aromatic heterocycles. The predicted octanol–water partition coefficient (Wildman–Crippen LogP) is 2.42. The van der Waals surface area contributed by atoms with Crippen LogP contribution in [0.3, 0.4) is 0 Å². The number of rotatable bonds is 4. The van der Waals surface area contributed by atoms with E-state index >= 15 is 0 Å². The Morgan fingerprint density at radius 3 is 2.79 bits per heavy atom. The minimum absolute atomic E-state index is 0.158. The van der Waals surface area contributed by atoms with Gasteiger partial charge in [-0.05, 0) is 26.0 Å². The van der Waals surface area contributed by atoms with Gasteiger partial charge < -0.3 is 9.84 Å². The second-order valence-electron chi connectivity index (χ2n) is 4.04. The van der Waals surface area contributed by atoms with Crippen molar-refractivity contribution in [2.45, 2.75) is 20.4 Å². The largest absolute Gasteiger partial charge is 0.345 e. The summed E-state index contributed by atoms with van der Waals surface area (Å²) in [6.45, 7) is 4.03. The van der Waals surface area contributed by atoms with Crippen LogP contribution >= 0.6 is 0 Å². The summed E-state index contributed by atoms with van der Waals surface area (Å²) in [6.07, 6.45) is 1.89. The van der Waals surface area contributed by atoms with Gasteiger partial charge in [0.15, 0.2) is 5.82 Å². The Kier molecular flexibility index (Phi) is 4.07. The van der Waals surface area contributed by atoms with Crippen LogP contribution in [0.2, 0.25) is 0 Å². The second kappa shape index (κ2) is 5.95. The lowest BCUT2D eigenvalue weighted by molar-refractivity contribution is 0.0949. The average molecular weight is 257 g/mol. The van der Waals surface area contributed by atoms with Gasteiger partial charge in [0.2, 0.25) is 0 Å². The highest BCUT2D eigenvalue weighted by atomic mass is 16.5. The summed E-state index contributed by atoms with van der Waals surface area (Å²) >= 11 is 0. The first kappa shape index (κ1) is 13.0. The molecule has 19 heavy (non-hydrogen) atoms. The molecule has 0 saturated heterocycles. The van der Waals surface area contributed by atoms with E-state index in [0.29, 0.717) is 17.3 Å². The van der Waals surface area contributed by atoms with Crippen molar-refractivity contribution in [2.75, 3.05) is 0 Å². The van der Waals surface area contributed by atoms with Gasteiger partial charge in [-0.1, -0.05) is 29.4 Å². The summed E-state index contributed by atoms with van der Waals surface area (Å²) in [6, 6.07) is 9.00. The SMILES string of the molecule is CC=C(C)c1nc(CNC(=O)c2ccccc2)no1. The molecular weight excluding hydrogens is 242 g/mol. The molecule has 2 aromatic rings. The minimum atomic E-state index is -0.158. The third-order valence-electron chi connectivity index (χ3n) is 2.68. The monoisotopic (exact) mass is 257 g/mol.